The van der Waals surface area contributed by atoms with E-state index in [1.54, 1.807) is 0 Å². The number of pyridine rings is 1. The summed E-state index contributed by atoms with van der Waals surface area (Å²) in [7, 11) is 0. The molecule has 0 saturated carbocycles. The Hall–Kier alpha value is -3.06. The van der Waals surface area contributed by atoms with E-state index in [-0.39, 0.29) is 20.1 Å². The van der Waals surface area contributed by atoms with Gasteiger partial charge >= 0.3 is 0 Å². The third kappa shape index (κ3) is 3.24. The molecule has 31 heavy (non-hydrogen) atoms. The molecule has 0 unspecified atom stereocenters. The molecule has 0 atom stereocenters. The van der Waals surface area contributed by atoms with E-state index >= 15 is 0 Å². The SMILES string of the molecule is CCc1ccc(-c2cc[c-]c(-c3cc4c5c(cccc5n3)-c3ccccc3-4)c2)cc1.[Ir]. The standard InChI is InChI=1S/C29H20N.Ir/c1-2-19-13-15-20(16-14-19)21-7-5-8-22(17-21)28-18-26-24-10-4-3-9-23(24)25-11-6-12-27(30-28)29(25)26;/h3-7,9-18H,2H2,1H3;/q-1;. The zero-order valence-electron chi connectivity index (χ0n) is 17.1. The van der Waals surface area contributed by atoms with Crippen molar-refractivity contribution < 1.29 is 20.1 Å². The van der Waals surface area contributed by atoms with E-state index in [0.717, 1.165) is 23.2 Å². The van der Waals surface area contributed by atoms with Crippen LogP contribution in [0.3, 0.4) is 0 Å². The van der Waals surface area contributed by atoms with E-state index in [0.29, 0.717) is 0 Å². The molecule has 151 valence electrons. The first-order chi connectivity index (χ1) is 14.8. The molecule has 0 spiro atoms. The largest absolute Gasteiger partial charge is 0.296 e. The van der Waals surface area contributed by atoms with E-state index in [9.17, 15) is 0 Å². The molecule has 0 saturated heterocycles. The second-order valence-electron chi connectivity index (χ2n) is 7.84. The van der Waals surface area contributed by atoms with Gasteiger partial charge in [-0.1, -0.05) is 73.7 Å². The molecule has 4 aromatic carbocycles. The fraction of sp³-hybridized carbons (Fsp3) is 0.0690. The van der Waals surface area contributed by atoms with Gasteiger partial charge in [0.1, 0.15) is 0 Å². The molecule has 0 N–H and O–H groups in total. The maximum Gasteiger partial charge on any atom is 0.0607 e. The molecule has 1 nitrogen and oxygen atoms in total. The first-order valence-corrected chi connectivity index (χ1v) is 10.5. The Balaban J connectivity index is 0.00000204. The fourth-order valence-corrected chi connectivity index (χ4v) is 4.54. The number of aromatic nitrogens is 1. The molecule has 1 radical (unpaired) electrons. The number of hydrogen-bond donors (Lipinski definition) is 0. The van der Waals surface area contributed by atoms with Crippen LogP contribution in [0.2, 0.25) is 0 Å². The van der Waals surface area contributed by atoms with E-state index in [1.807, 2.05) is 6.07 Å². The van der Waals surface area contributed by atoms with Crippen LogP contribution in [0.5, 0.6) is 0 Å². The van der Waals surface area contributed by atoms with Crippen LogP contribution in [0.25, 0.3) is 55.5 Å². The molecule has 5 aromatic rings. The van der Waals surface area contributed by atoms with Crippen LogP contribution in [-0.2, 0) is 26.5 Å². The van der Waals surface area contributed by atoms with Gasteiger partial charge in [-0.3, -0.25) is 4.98 Å². The van der Waals surface area contributed by atoms with Crippen LogP contribution >= 0.6 is 0 Å². The summed E-state index contributed by atoms with van der Waals surface area (Å²) in [5, 5.41) is 1.26. The summed E-state index contributed by atoms with van der Waals surface area (Å²) in [4.78, 5) is 5.02. The van der Waals surface area contributed by atoms with Gasteiger partial charge in [-0.05, 0) is 51.6 Å². The van der Waals surface area contributed by atoms with Crippen molar-refractivity contribution in [2.24, 2.45) is 0 Å². The maximum atomic E-state index is 5.02. The molecule has 0 fully saturated rings. The summed E-state index contributed by atoms with van der Waals surface area (Å²) >= 11 is 0. The Morgan fingerprint density at radius 2 is 1.45 bits per heavy atom. The van der Waals surface area contributed by atoms with E-state index in [2.05, 4.69) is 97.9 Å². The van der Waals surface area contributed by atoms with Crippen LogP contribution in [0.15, 0.2) is 91.0 Å². The third-order valence-electron chi connectivity index (χ3n) is 6.11. The van der Waals surface area contributed by atoms with Crippen molar-refractivity contribution in [3.8, 4) is 44.6 Å². The van der Waals surface area contributed by atoms with Crippen molar-refractivity contribution in [2.75, 3.05) is 0 Å². The van der Waals surface area contributed by atoms with Gasteiger partial charge in [-0.25, -0.2) is 0 Å². The van der Waals surface area contributed by atoms with Gasteiger partial charge in [0.15, 0.2) is 0 Å². The number of nitrogens with zero attached hydrogens (tertiary/aromatic N) is 1. The number of hydrogen-bond acceptors (Lipinski definition) is 1. The molecule has 0 amide bonds. The third-order valence-corrected chi connectivity index (χ3v) is 6.11. The molecule has 1 heterocycles. The number of benzene rings is 4. The number of rotatable bonds is 3. The molecule has 0 bridgehead atoms. The summed E-state index contributed by atoms with van der Waals surface area (Å²) in [5.74, 6) is 0. The minimum Gasteiger partial charge on any atom is -0.296 e. The first-order valence-electron chi connectivity index (χ1n) is 10.5. The van der Waals surface area contributed by atoms with Crippen molar-refractivity contribution in [3.63, 3.8) is 0 Å². The molecule has 1 aliphatic rings. The monoisotopic (exact) mass is 575 g/mol. The van der Waals surface area contributed by atoms with E-state index in [4.69, 9.17) is 4.98 Å². The Morgan fingerprint density at radius 1 is 0.710 bits per heavy atom. The molecule has 6 rings (SSSR count). The predicted octanol–water partition coefficient (Wildman–Crippen LogP) is 7.58. The zero-order valence-corrected chi connectivity index (χ0v) is 19.5. The summed E-state index contributed by atoms with van der Waals surface area (Å²) in [6.45, 7) is 2.18. The van der Waals surface area contributed by atoms with Crippen LogP contribution in [0, 0.1) is 6.07 Å². The maximum absolute atomic E-state index is 5.02. The molecular formula is C29H20IrN-. The van der Waals surface area contributed by atoms with Crippen molar-refractivity contribution in [2.45, 2.75) is 13.3 Å². The molecule has 2 heteroatoms. The Morgan fingerprint density at radius 3 is 2.23 bits per heavy atom. The van der Waals surface area contributed by atoms with Crippen LogP contribution < -0.4 is 0 Å². The average Bonchev–Trinajstić information content (AvgIpc) is 3.15. The van der Waals surface area contributed by atoms with Crippen LogP contribution in [0.4, 0.5) is 0 Å². The topological polar surface area (TPSA) is 12.9 Å². The van der Waals surface area contributed by atoms with E-state index < -0.39 is 0 Å². The second-order valence-corrected chi connectivity index (χ2v) is 7.84. The minimum absolute atomic E-state index is 0. The molecule has 1 aromatic heterocycles. The Bertz CT molecular complexity index is 1420. The van der Waals surface area contributed by atoms with Crippen molar-refractivity contribution in [1.29, 1.82) is 0 Å². The zero-order chi connectivity index (χ0) is 20.1. The van der Waals surface area contributed by atoms with Gasteiger partial charge in [-0.15, -0.1) is 35.4 Å². The Kier molecular flexibility index (Phi) is 5.06. The normalized spacial score (nSPS) is 11.3. The van der Waals surface area contributed by atoms with Gasteiger partial charge < -0.3 is 0 Å². The molecular weight excluding hydrogens is 555 g/mol. The molecule has 1 aliphatic carbocycles. The Labute approximate surface area is 196 Å². The average molecular weight is 575 g/mol. The summed E-state index contributed by atoms with van der Waals surface area (Å²) in [5.41, 5.74) is 12.0. The van der Waals surface area contributed by atoms with Crippen molar-refractivity contribution >= 4 is 10.9 Å². The van der Waals surface area contributed by atoms with Gasteiger partial charge in [0, 0.05) is 25.5 Å². The summed E-state index contributed by atoms with van der Waals surface area (Å²) in [6.07, 6.45) is 1.06. The smallest absolute Gasteiger partial charge is 0.0607 e. The van der Waals surface area contributed by atoms with Crippen LogP contribution in [-0.4, -0.2) is 4.98 Å². The van der Waals surface area contributed by atoms with Gasteiger partial charge in [-0.2, -0.15) is 0 Å². The van der Waals surface area contributed by atoms with Gasteiger partial charge in [0.05, 0.1) is 5.52 Å². The van der Waals surface area contributed by atoms with Gasteiger partial charge in [0.25, 0.3) is 0 Å². The minimum atomic E-state index is 0. The quantitative estimate of drug-likeness (QED) is 0.199. The van der Waals surface area contributed by atoms with Crippen LogP contribution in [0.1, 0.15) is 12.5 Å². The van der Waals surface area contributed by atoms with Crippen molar-refractivity contribution in [1.82, 2.24) is 4.98 Å². The number of fused-ring (bicyclic) bond motifs is 3. The first kappa shape index (κ1) is 19.9. The summed E-state index contributed by atoms with van der Waals surface area (Å²) < 4.78 is 0. The second kappa shape index (κ2) is 7.89. The van der Waals surface area contributed by atoms with E-state index in [1.165, 1.54) is 44.3 Å². The fourth-order valence-electron chi connectivity index (χ4n) is 4.54. The number of aryl methyl sites for hydroxylation is 1. The molecule has 0 aliphatic heterocycles. The van der Waals surface area contributed by atoms with Crippen molar-refractivity contribution in [3.05, 3.63) is 103 Å². The van der Waals surface area contributed by atoms with Gasteiger partial charge in [0.2, 0.25) is 0 Å². The predicted molar refractivity (Wildman–Crippen MR) is 125 cm³/mol. The summed E-state index contributed by atoms with van der Waals surface area (Å²) in [6, 6.07) is 35.9.